The van der Waals surface area contributed by atoms with Crippen LogP contribution in [0.5, 0.6) is 0 Å². The molecule has 4 rings (SSSR count). The fourth-order valence-electron chi connectivity index (χ4n) is 5.65. The van der Waals surface area contributed by atoms with Gasteiger partial charge in [-0.25, -0.2) is 11.4 Å². The number of hydrogen-bond acceptors (Lipinski definition) is 7. The second kappa shape index (κ2) is 15.7. The van der Waals surface area contributed by atoms with Crippen LogP contribution in [0.25, 0.3) is 10.8 Å². The molecule has 0 aromatic heterocycles. The van der Waals surface area contributed by atoms with E-state index in [1.165, 1.54) is 42.0 Å². The molecular weight excluding hydrogens is 476 g/mol. The van der Waals surface area contributed by atoms with Gasteiger partial charge in [0.25, 0.3) is 0 Å². The number of benzene rings is 2. The number of rotatable bonds is 10. The average molecular weight is 525 g/mol. The summed E-state index contributed by atoms with van der Waals surface area (Å²) in [4.78, 5) is 14.2. The third-order valence-electron chi connectivity index (χ3n) is 8.04. The Balaban J connectivity index is 0.000000211. The summed E-state index contributed by atoms with van der Waals surface area (Å²) in [6.45, 7) is 7.30. The summed E-state index contributed by atoms with van der Waals surface area (Å²) in [5, 5.41) is 9.64. The van der Waals surface area contributed by atoms with Gasteiger partial charge >= 0.3 is 5.97 Å². The molecule has 1 heterocycles. The summed E-state index contributed by atoms with van der Waals surface area (Å²) in [5.41, 5.74) is 9.14. The quantitative estimate of drug-likeness (QED) is 0.121. The van der Waals surface area contributed by atoms with Crippen molar-refractivity contribution in [3.05, 3.63) is 48.0 Å². The van der Waals surface area contributed by atoms with Crippen LogP contribution in [-0.4, -0.2) is 49.5 Å². The monoisotopic (exact) mass is 524 g/mol. The summed E-state index contributed by atoms with van der Waals surface area (Å²) in [5.74, 6) is 7.61. The van der Waals surface area contributed by atoms with Crippen LogP contribution in [0.15, 0.2) is 47.6 Å². The highest BCUT2D eigenvalue weighted by molar-refractivity contribution is 5.83. The summed E-state index contributed by atoms with van der Waals surface area (Å²) >= 11 is 0. The third-order valence-corrected chi connectivity index (χ3v) is 8.04. The van der Waals surface area contributed by atoms with Gasteiger partial charge < -0.3 is 15.8 Å². The molecule has 1 saturated heterocycles. The molecule has 2 aromatic carbocycles. The first-order valence-corrected chi connectivity index (χ1v) is 14.3. The third kappa shape index (κ3) is 9.26. The van der Waals surface area contributed by atoms with E-state index in [1.807, 2.05) is 19.2 Å². The predicted molar refractivity (Wildman–Crippen MR) is 156 cm³/mol. The van der Waals surface area contributed by atoms with E-state index in [1.54, 1.807) is 0 Å². The Hall–Kier alpha value is -2.68. The Morgan fingerprint density at radius 3 is 2.55 bits per heavy atom. The van der Waals surface area contributed by atoms with Crippen molar-refractivity contribution in [1.29, 1.82) is 0 Å². The van der Waals surface area contributed by atoms with E-state index in [4.69, 9.17) is 16.3 Å². The van der Waals surface area contributed by atoms with Gasteiger partial charge in [0.05, 0.1) is 13.2 Å². The van der Waals surface area contributed by atoms with E-state index in [2.05, 4.69) is 65.0 Å². The Morgan fingerprint density at radius 2 is 1.84 bits per heavy atom. The average Bonchev–Trinajstić information content (AvgIpc) is 2.93. The van der Waals surface area contributed by atoms with E-state index < -0.39 is 0 Å². The standard InChI is InChI=1S/C16H29NO2.C14H19N5/c1-3-12(4-2)11-19-16(18)15-9-13-7-5-6-8-14(13)10-17-15;1-19(10-14(15)17-18-16)9-11-6-7-12-4-2-3-5-13(12)8-11/h12-15,17H,3-11H2,1-2H3;2-8,18H,9-10,16H2,1H3,(H2,15,17). The van der Waals surface area contributed by atoms with Gasteiger partial charge in [0.1, 0.15) is 11.9 Å². The van der Waals surface area contributed by atoms with Crippen molar-refractivity contribution in [2.45, 2.75) is 71.4 Å². The molecule has 0 amide bonds. The minimum Gasteiger partial charge on any atom is -0.464 e. The van der Waals surface area contributed by atoms with Gasteiger partial charge in [-0.15, -0.1) is 0 Å². The van der Waals surface area contributed by atoms with Gasteiger partial charge in [0.15, 0.2) is 0 Å². The molecule has 38 heavy (non-hydrogen) atoms. The van der Waals surface area contributed by atoms with Crippen LogP contribution in [0.1, 0.15) is 64.4 Å². The van der Waals surface area contributed by atoms with E-state index >= 15 is 0 Å². The molecule has 8 heteroatoms. The van der Waals surface area contributed by atoms with E-state index in [0.29, 0.717) is 24.9 Å². The van der Waals surface area contributed by atoms with Crippen LogP contribution < -0.4 is 22.4 Å². The largest absolute Gasteiger partial charge is 0.464 e. The van der Waals surface area contributed by atoms with Gasteiger partial charge in [-0.1, -0.05) is 82.3 Å². The highest BCUT2D eigenvalue weighted by Gasteiger charge is 2.35. The molecule has 8 nitrogen and oxygen atoms in total. The Kier molecular flexibility index (Phi) is 12.3. The molecule has 1 aliphatic carbocycles. The zero-order chi connectivity index (χ0) is 27.3. The fraction of sp³-hybridized carbons (Fsp3) is 0.600. The number of hydrazine groups is 1. The number of nitrogens with zero attached hydrogens (tertiary/aromatic N) is 2. The smallest absolute Gasteiger partial charge is 0.323 e. The van der Waals surface area contributed by atoms with Crippen LogP contribution >= 0.6 is 0 Å². The van der Waals surface area contributed by atoms with Gasteiger partial charge in [0, 0.05) is 6.54 Å². The maximum Gasteiger partial charge on any atom is 0.323 e. The summed E-state index contributed by atoms with van der Waals surface area (Å²) in [6, 6.07) is 14.7. The van der Waals surface area contributed by atoms with E-state index in [0.717, 1.165) is 44.2 Å². The van der Waals surface area contributed by atoms with Crippen molar-refractivity contribution in [3.63, 3.8) is 0 Å². The Morgan fingerprint density at radius 1 is 1.13 bits per heavy atom. The number of ether oxygens (including phenoxy) is 1. The number of carbonyl (C=O) groups is 1. The lowest BCUT2D eigenvalue weighted by atomic mass is 9.74. The summed E-state index contributed by atoms with van der Waals surface area (Å²) < 4.78 is 5.50. The predicted octanol–water partition coefficient (Wildman–Crippen LogP) is 4.14. The normalized spacial score (nSPS) is 21.5. The second-order valence-corrected chi connectivity index (χ2v) is 10.9. The van der Waals surface area contributed by atoms with Crippen LogP contribution in [-0.2, 0) is 16.1 Å². The molecule has 6 N–H and O–H groups in total. The van der Waals surface area contributed by atoms with Gasteiger partial charge in [-0.05, 0) is 66.6 Å². The molecule has 2 aliphatic rings. The second-order valence-electron chi connectivity index (χ2n) is 10.9. The zero-order valence-corrected chi connectivity index (χ0v) is 23.5. The number of esters is 1. The van der Waals surface area contributed by atoms with Gasteiger partial charge in [-0.3, -0.25) is 9.69 Å². The maximum atomic E-state index is 12.1. The zero-order valence-electron chi connectivity index (χ0n) is 23.5. The molecular formula is C30H48N6O2. The number of hydrazone groups is 1. The Labute approximate surface area is 228 Å². The highest BCUT2D eigenvalue weighted by Crippen LogP contribution is 2.35. The molecule has 1 saturated carbocycles. The lowest BCUT2D eigenvalue weighted by Gasteiger charge is -2.39. The molecule has 0 bridgehead atoms. The fourth-order valence-corrected chi connectivity index (χ4v) is 5.65. The molecule has 210 valence electrons. The number of carbonyl (C=O) groups excluding carboxylic acids is 1. The number of likely N-dealkylation sites (N-methyl/N-ethyl adjacent to an activating group) is 1. The number of hydrogen-bond donors (Lipinski definition) is 4. The Bertz CT molecular complexity index is 1020. The lowest BCUT2D eigenvalue weighted by molar-refractivity contribution is -0.149. The highest BCUT2D eigenvalue weighted by atomic mass is 16.5. The van der Waals surface area contributed by atoms with E-state index in [9.17, 15) is 4.79 Å². The number of nitrogens with one attached hydrogen (secondary N) is 2. The molecule has 1 aliphatic heterocycles. The van der Waals surface area contributed by atoms with Crippen molar-refractivity contribution >= 4 is 22.6 Å². The number of piperidine rings is 1. The summed E-state index contributed by atoms with van der Waals surface area (Å²) in [7, 11) is 1.99. The molecule has 3 atom stereocenters. The van der Waals surface area contributed by atoms with Crippen LogP contribution in [0.2, 0.25) is 0 Å². The molecule has 2 aromatic rings. The number of nitrogens with two attached hydrogens (primary N) is 2. The molecule has 3 unspecified atom stereocenters. The molecule has 0 spiro atoms. The van der Waals surface area contributed by atoms with Crippen LogP contribution in [0, 0.1) is 17.8 Å². The first kappa shape index (κ1) is 29.9. The van der Waals surface area contributed by atoms with Crippen molar-refractivity contribution in [2.24, 2.45) is 34.4 Å². The van der Waals surface area contributed by atoms with Crippen molar-refractivity contribution in [3.8, 4) is 0 Å². The first-order valence-electron chi connectivity index (χ1n) is 14.3. The lowest BCUT2D eigenvalue weighted by Crippen LogP contribution is -2.49. The maximum absolute atomic E-state index is 12.1. The van der Waals surface area contributed by atoms with Crippen molar-refractivity contribution < 1.29 is 9.53 Å². The van der Waals surface area contributed by atoms with Crippen LogP contribution in [0.4, 0.5) is 0 Å². The first-order chi connectivity index (χ1) is 18.4. The van der Waals surface area contributed by atoms with Crippen molar-refractivity contribution in [2.75, 3.05) is 26.7 Å². The topological polar surface area (TPSA) is 118 Å². The molecule has 0 radical (unpaired) electrons. The van der Waals surface area contributed by atoms with Crippen LogP contribution in [0.3, 0.4) is 0 Å². The minimum atomic E-state index is -0.0475. The SMILES string of the molecule is CCC(CC)COC(=O)C1CC2CCCCC2CN1.CN(C/C(N)=N/NN)Cc1ccc2ccccc2c1. The minimum absolute atomic E-state index is 0.0177. The number of fused-ring (bicyclic) bond motifs is 2. The van der Waals surface area contributed by atoms with Gasteiger partial charge in [-0.2, -0.15) is 5.10 Å². The van der Waals surface area contributed by atoms with E-state index in [-0.39, 0.29) is 12.0 Å². The number of amidine groups is 1. The van der Waals surface area contributed by atoms with Crippen molar-refractivity contribution in [1.82, 2.24) is 15.8 Å². The summed E-state index contributed by atoms with van der Waals surface area (Å²) in [6.07, 6.45) is 8.53. The van der Waals surface area contributed by atoms with Gasteiger partial charge in [0.2, 0.25) is 0 Å². The molecule has 2 fully saturated rings.